The fourth-order valence-corrected chi connectivity index (χ4v) is 4.30. The molecule has 0 amide bonds. The van der Waals surface area contributed by atoms with Crippen LogP contribution in [0.25, 0.3) is 0 Å². The molecule has 2 heterocycles. The standard InChI is InChI=1S/C23H24F2N3O7P.CH2F2/c1-30-15-3-7-17(8-4-15)34-36(35-18-9-5-16(31-2)6-10-18)32-14-19-23(24,25)13-21(33-19)28-12-11-20(26)27-22(28)29;2-1-3/h3-12,19,21H,13-14H2,1-2H3,(H2,26,27,29);1H2. The Morgan fingerprint density at radius 1 is 0.974 bits per heavy atom. The number of anilines is 1. The van der Waals surface area contributed by atoms with Crippen molar-refractivity contribution in [2.75, 3.05) is 33.5 Å². The first-order chi connectivity index (χ1) is 18.7. The third-order valence-electron chi connectivity index (χ3n) is 5.21. The molecule has 2 aromatic carbocycles. The van der Waals surface area contributed by atoms with E-state index in [1.54, 1.807) is 48.5 Å². The van der Waals surface area contributed by atoms with E-state index >= 15 is 0 Å². The number of benzene rings is 2. The summed E-state index contributed by atoms with van der Waals surface area (Å²) in [5, 5.41) is 0. The first-order valence-corrected chi connectivity index (χ1v) is 12.4. The fourth-order valence-electron chi connectivity index (χ4n) is 3.32. The smallest absolute Gasteiger partial charge is 0.463 e. The molecular weight excluding hydrogens is 549 g/mol. The van der Waals surface area contributed by atoms with E-state index in [4.69, 9.17) is 33.5 Å². The first kappa shape index (κ1) is 29.9. The van der Waals surface area contributed by atoms with E-state index in [0.717, 1.165) is 4.57 Å². The number of hydrogen-bond acceptors (Lipinski definition) is 9. The second-order valence-electron chi connectivity index (χ2n) is 7.74. The zero-order chi connectivity index (χ0) is 28.4. The van der Waals surface area contributed by atoms with Crippen LogP contribution in [0.1, 0.15) is 12.6 Å². The Balaban J connectivity index is 0.00000134. The largest absolute Gasteiger partial charge is 0.497 e. The van der Waals surface area contributed by atoms with Crippen LogP contribution in [0.2, 0.25) is 0 Å². The van der Waals surface area contributed by atoms with Gasteiger partial charge in [0.15, 0.2) is 0 Å². The number of methoxy groups -OCH3 is 2. The summed E-state index contributed by atoms with van der Waals surface area (Å²) in [4.78, 5) is 15.6. The van der Waals surface area contributed by atoms with Crippen LogP contribution in [0.15, 0.2) is 65.6 Å². The van der Waals surface area contributed by atoms with Crippen LogP contribution in [-0.2, 0) is 9.26 Å². The van der Waals surface area contributed by atoms with Crippen molar-refractivity contribution in [2.45, 2.75) is 24.7 Å². The minimum atomic E-state index is -3.28. The third-order valence-corrected chi connectivity index (χ3v) is 6.29. The predicted octanol–water partition coefficient (Wildman–Crippen LogP) is 5.05. The van der Waals surface area contributed by atoms with E-state index in [1.165, 1.54) is 26.5 Å². The number of nitrogens with two attached hydrogens (primary N) is 1. The molecule has 212 valence electrons. The summed E-state index contributed by atoms with van der Waals surface area (Å²) in [5.41, 5.74) is 4.69. The van der Waals surface area contributed by atoms with Crippen molar-refractivity contribution in [3.8, 4) is 23.0 Å². The minimum absolute atomic E-state index is 0.0158. The molecule has 10 nitrogen and oxygen atoms in total. The monoisotopic (exact) mass is 575 g/mol. The molecule has 1 aromatic heterocycles. The Morgan fingerprint density at radius 3 is 1.92 bits per heavy atom. The quantitative estimate of drug-likeness (QED) is 0.262. The molecule has 0 spiro atoms. The average molecular weight is 575 g/mol. The first-order valence-electron chi connectivity index (χ1n) is 11.3. The van der Waals surface area contributed by atoms with E-state index < -0.39 is 52.5 Å². The molecule has 1 aliphatic heterocycles. The van der Waals surface area contributed by atoms with Gasteiger partial charge in [-0.1, -0.05) is 0 Å². The van der Waals surface area contributed by atoms with Crippen molar-refractivity contribution < 1.29 is 45.3 Å². The van der Waals surface area contributed by atoms with Crippen LogP contribution in [0.5, 0.6) is 23.0 Å². The van der Waals surface area contributed by atoms with Crippen molar-refractivity contribution >= 4 is 14.4 Å². The normalized spacial score (nSPS) is 17.7. The Labute approximate surface area is 222 Å². The molecule has 39 heavy (non-hydrogen) atoms. The minimum Gasteiger partial charge on any atom is -0.497 e. The summed E-state index contributed by atoms with van der Waals surface area (Å²) >= 11 is 0. The number of ether oxygens (including phenoxy) is 3. The molecule has 2 atom stereocenters. The maximum Gasteiger partial charge on any atom is 0.463 e. The molecular formula is C24H26F4N3O7P. The van der Waals surface area contributed by atoms with Crippen LogP contribution in [0, 0.1) is 0 Å². The molecule has 1 aliphatic rings. The van der Waals surface area contributed by atoms with Crippen LogP contribution >= 0.6 is 8.60 Å². The summed E-state index contributed by atoms with van der Waals surface area (Å²) in [6.45, 7) is -2.31. The number of nitrogen functional groups attached to an aromatic ring is 1. The average Bonchev–Trinajstić information content (AvgIpc) is 3.22. The highest BCUT2D eigenvalue weighted by Gasteiger charge is 2.51. The number of alkyl halides is 4. The van der Waals surface area contributed by atoms with Gasteiger partial charge in [-0.15, -0.1) is 0 Å². The summed E-state index contributed by atoms with van der Waals surface area (Å²) < 4.78 is 82.7. The third kappa shape index (κ3) is 8.44. The van der Waals surface area contributed by atoms with Gasteiger partial charge in [0.25, 0.3) is 5.92 Å². The summed E-state index contributed by atoms with van der Waals surface area (Å²) in [5.74, 6) is -1.31. The lowest BCUT2D eigenvalue weighted by Gasteiger charge is -2.22. The summed E-state index contributed by atoms with van der Waals surface area (Å²) in [7, 11) is 0.890. The highest BCUT2D eigenvalue weighted by molar-refractivity contribution is 7.42. The van der Waals surface area contributed by atoms with Crippen LogP contribution in [0.3, 0.4) is 0 Å². The van der Waals surface area contributed by atoms with Gasteiger partial charge >= 0.3 is 14.3 Å². The lowest BCUT2D eigenvalue weighted by molar-refractivity contribution is -0.0984. The lowest BCUT2D eigenvalue weighted by Crippen LogP contribution is -2.32. The summed E-state index contributed by atoms with van der Waals surface area (Å²) in [6.07, 6.45) is -2.36. The number of nitrogens with zero attached hydrogens (tertiary/aromatic N) is 2. The number of aromatic nitrogens is 2. The lowest BCUT2D eigenvalue weighted by atomic mass is 10.2. The van der Waals surface area contributed by atoms with Crippen LogP contribution in [-0.4, -0.2) is 49.3 Å². The second kappa shape index (κ2) is 14.0. The molecule has 0 aliphatic carbocycles. The van der Waals surface area contributed by atoms with Crippen LogP contribution in [0.4, 0.5) is 23.4 Å². The predicted molar refractivity (Wildman–Crippen MR) is 134 cm³/mol. The van der Waals surface area contributed by atoms with Gasteiger partial charge in [-0.2, -0.15) is 4.98 Å². The van der Waals surface area contributed by atoms with Crippen molar-refractivity contribution in [3.05, 3.63) is 71.3 Å². The fraction of sp³-hybridized carbons (Fsp3) is 0.333. The second-order valence-corrected chi connectivity index (χ2v) is 8.81. The SMILES string of the molecule is COc1ccc(OP(OCC2OC(n3ccc(N)nc3=O)CC2(F)F)Oc2ccc(OC)cc2)cc1.FCF. The van der Waals surface area contributed by atoms with Gasteiger partial charge in [0.05, 0.1) is 27.2 Å². The van der Waals surface area contributed by atoms with E-state index in [-0.39, 0.29) is 5.82 Å². The van der Waals surface area contributed by atoms with Gasteiger partial charge < -0.3 is 29.0 Å². The molecule has 0 bridgehead atoms. The molecule has 4 rings (SSSR count). The molecule has 0 saturated carbocycles. The van der Waals surface area contributed by atoms with Crippen molar-refractivity contribution in [1.29, 1.82) is 0 Å². The molecule has 2 unspecified atom stereocenters. The molecule has 3 aromatic rings. The van der Waals surface area contributed by atoms with E-state index in [9.17, 15) is 22.4 Å². The van der Waals surface area contributed by atoms with Gasteiger partial charge in [0.2, 0.25) is 6.93 Å². The maximum atomic E-state index is 14.8. The topological polar surface area (TPSA) is 116 Å². The zero-order valence-electron chi connectivity index (χ0n) is 20.8. The molecule has 1 saturated heterocycles. The Morgan fingerprint density at radius 2 is 1.46 bits per heavy atom. The van der Waals surface area contributed by atoms with Crippen molar-refractivity contribution in [3.63, 3.8) is 0 Å². The highest BCUT2D eigenvalue weighted by Crippen LogP contribution is 2.46. The molecule has 0 radical (unpaired) electrons. The Hall–Kier alpha value is -3.61. The van der Waals surface area contributed by atoms with E-state index in [0.29, 0.717) is 23.0 Å². The van der Waals surface area contributed by atoms with Gasteiger partial charge in [0.1, 0.15) is 41.1 Å². The van der Waals surface area contributed by atoms with Crippen LogP contribution < -0.4 is 29.9 Å². The van der Waals surface area contributed by atoms with Crippen molar-refractivity contribution in [1.82, 2.24) is 9.55 Å². The highest BCUT2D eigenvalue weighted by atomic mass is 31.2. The molecule has 15 heteroatoms. The Kier molecular flexibility index (Phi) is 10.7. The number of rotatable bonds is 10. The molecule has 1 fully saturated rings. The molecule has 2 N–H and O–H groups in total. The van der Waals surface area contributed by atoms with Gasteiger partial charge in [-0.25, -0.2) is 22.4 Å². The van der Waals surface area contributed by atoms with Gasteiger partial charge in [-0.05, 0) is 54.6 Å². The van der Waals surface area contributed by atoms with Crippen molar-refractivity contribution in [2.24, 2.45) is 0 Å². The van der Waals surface area contributed by atoms with E-state index in [1.807, 2.05) is 0 Å². The van der Waals surface area contributed by atoms with E-state index in [2.05, 4.69) is 4.98 Å². The number of halogens is 4. The zero-order valence-corrected chi connectivity index (χ0v) is 21.7. The van der Waals surface area contributed by atoms with Gasteiger partial charge in [0, 0.05) is 6.20 Å². The Bertz CT molecular complexity index is 1190. The number of hydrogen-bond donors (Lipinski definition) is 1. The maximum absolute atomic E-state index is 14.8. The summed E-state index contributed by atoms with van der Waals surface area (Å²) in [6, 6.07) is 14.6. The van der Waals surface area contributed by atoms with Gasteiger partial charge in [-0.3, -0.25) is 9.09 Å².